The molecule has 1 aliphatic rings. The van der Waals surface area contributed by atoms with E-state index in [1.54, 1.807) is 12.3 Å². The number of fused-ring (bicyclic) bond motifs is 1. The minimum absolute atomic E-state index is 0.106. The minimum atomic E-state index is 0.106. The molecule has 0 spiro atoms. The lowest BCUT2D eigenvalue weighted by Gasteiger charge is -2.22. The topological polar surface area (TPSA) is 32.9 Å². The molecular formula is C15H17NO. The van der Waals surface area contributed by atoms with E-state index in [0.717, 1.165) is 10.9 Å². The van der Waals surface area contributed by atoms with Crippen molar-refractivity contribution in [3.8, 4) is 0 Å². The van der Waals surface area contributed by atoms with Gasteiger partial charge in [-0.3, -0.25) is 4.79 Å². The number of aromatic nitrogens is 1. The van der Waals surface area contributed by atoms with E-state index in [2.05, 4.69) is 17.1 Å². The fourth-order valence-corrected chi connectivity index (χ4v) is 2.88. The first-order chi connectivity index (χ1) is 8.34. The first-order valence-corrected chi connectivity index (χ1v) is 6.46. The van der Waals surface area contributed by atoms with Crippen molar-refractivity contribution < 1.29 is 0 Å². The number of nitrogens with one attached hydrogen (secondary N) is 1. The van der Waals surface area contributed by atoms with Crippen molar-refractivity contribution in [2.24, 2.45) is 0 Å². The predicted octanol–water partition coefficient (Wildman–Crippen LogP) is 3.58. The molecule has 0 saturated heterocycles. The van der Waals surface area contributed by atoms with Gasteiger partial charge in [0.25, 0.3) is 0 Å². The Labute approximate surface area is 101 Å². The molecule has 1 N–H and O–H groups in total. The average molecular weight is 227 g/mol. The van der Waals surface area contributed by atoms with Crippen LogP contribution in [-0.4, -0.2) is 4.98 Å². The number of hydrogen-bond donors (Lipinski definition) is 1. The Balaban J connectivity index is 2.04. The summed E-state index contributed by atoms with van der Waals surface area (Å²) in [4.78, 5) is 14.8. The van der Waals surface area contributed by atoms with Gasteiger partial charge in [0.05, 0.1) is 0 Å². The van der Waals surface area contributed by atoms with Gasteiger partial charge in [-0.05, 0) is 36.5 Å². The summed E-state index contributed by atoms with van der Waals surface area (Å²) in [5.74, 6) is 0.692. The molecule has 88 valence electrons. The quantitative estimate of drug-likeness (QED) is 0.793. The highest BCUT2D eigenvalue weighted by molar-refractivity contribution is 5.78. The van der Waals surface area contributed by atoms with Crippen LogP contribution in [-0.2, 0) is 0 Å². The fourth-order valence-electron chi connectivity index (χ4n) is 2.88. The highest BCUT2D eigenvalue weighted by Crippen LogP contribution is 2.33. The molecule has 3 rings (SSSR count). The van der Waals surface area contributed by atoms with Gasteiger partial charge >= 0.3 is 0 Å². The molecular weight excluding hydrogens is 210 g/mol. The standard InChI is InChI=1S/C15H17NO/c17-15-8-9-16-14-10-12(6-7-13(14)15)11-4-2-1-3-5-11/h6-11H,1-5H2,(H,16,17). The molecule has 1 aliphatic carbocycles. The van der Waals surface area contributed by atoms with Crippen LogP contribution in [0.25, 0.3) is 10.9 Å². The Bertz CT molecular complexity index is 579. The number of hydrogen-bond acceptors (Lipinski definition) is 1. The molecule has 17 heavy (non-hydrogen) atoms. The number of benzene rings is 1. The van der Waals surface area contributed by atoms with E-state index < -0.39 is 0 Å². The predicted molar refractivity (Wildman–Crippen MR) is 70.4 cm³/mol. The zero-order chi connectivity index (χ0) is 11.7. The van der Waals surface area contributed by atoms with Crippen LogP contribution < -0.4 is 5.43 Å². The van der Waals surface area contributed by atoms with Crippen molar-refractivity contribution in [1.82, 2.24) is 4.98 Å². The minimum Gasteiger partial charge on any atom is -0.361 e. The molecule has 1 aromatic heterocycles. The third-order valence-electron chi connectivity index (χ3n) is 3.86. The molecule has 0 atom stereocenters. The number of pyridine rings is 1. The highest BCUT2D eigenvalue weighted by Gasteiger charge is 2.15. The summed E-state index contributed by atoms with van der Waals surface area (Å²) >= 11 is 0. The fraction of sp³-hybridized carbons (Fsp3) is 0.400. The van der Waals surface area contributed by atoms with Crippen molar-refractivity contribution in [3.05, 3.63) is 46.2 Å². The van der Waals surface area contributed by atoms with Crippen LogP contribution in [0.3, 0.4) is 0 Å². The van der Waals surface area contributed by atoms with Gasteiger partial charge in [-0.15, -0.1) is 0 Å². The van der Waals surface area contributed by atoms with Crippen LogP contribution in [0, 0.1) is 0 Å². The Morgan fingerprint density at radius 2 is 1.88 bits per heavy atom. The van der Waals surface area contributed by atoms with Crippen molar-refractivity contribution in [1.29, 1.82) is 0 Å². The van der Waals surface area contributed by atoms with Crippen molar-refractivity contribution in [2.45, 2.75) is 38.0 Å². The summed E-state index contributed by atoms with van der Waals surface area (Å²) < 4.78 is 0. The van der Waals surface area contributed by atoms with Crippen molar-refractivity contribution >= 4 is 10.9 Å². The van der Waals surface area contributed by atoms with Crippen LogP contribution in [0.5, 0.6) is 0 Å². The zero-order valence-electron chi connectivity index (χ0n) is 9.91. The zero-order valence-corrected chi connectivity index (χ0v) is 9.91. The largest absolute Gasteiger partial charge is 0.361 e. The van der Waals surface area contributed by atoms with Crippen molar-refractivity contribution in [3.63, 3.8) is 0 Å². The lowest BCUT2D eigenvalue weighted by atomic mass is 9.84. The molecule has 0 aliphatic heterocycles. The summed E-state index contributed by atoms with van der Waals surface area (Å²) in [6.07, 6.45) is 8.38. The van der Waals surface area contributed by atoms with Gasteiger partial charge in [0.2, 0.25) is 0 Å². The SMILES string of the molecule is O=c1cc[nH]c2cc(C3CCCCC3)ccc12. The van der Waals surface area contributed by atoms with E-state index in [1.807, 2.05) is 6.07 Å². The van der Waals surface area contributed by atoms with E-state index >= 15 is 0 Å². The number of aromatic amines is 1. The van der Waals surface area contributed by atoms with Crippen LogP contribution in [0.15, 0.2) is 35.3 Å². The van der Waals surface area contributed by atoms with E-state index in [-0.39, 0.29) is 5.43 Å². The third kappa shape index (κ3) is 1.99. The van der Waals surface area contributed by atoms with Crippen LogP contribution in [0.4, 0.5) is 0 Å². The summed E-state index contributed by atoms with van der Waals surface area (Å²) in [6.45, 7) is 0. The van der Waals surface area contributed by atoms with Gasteiger partial charge in [0.15, 0.2) is 5.43 Å². The number of H-pyrrole nitrogens is 1. The Morgan fingerprint density at radius 1 is 1.06 bits per heavy atom. The lowest BCUT2D eigenvalue weighted by molar-refractivity contribution is 0.444. The summed E-state index contributed by atoms with van der Waals surface area (Å²) in [6, 6.07) is 7.85. The van der Waals surface area contributed by atoms with Crippen LogP contribution in [0.2, 0.25) is 0 Å². The maximum Gasteiger partial charge on any atom is 0.189 e. The maximum atomic E-state index is 11.6. The molecule has 1 aromatic carbocycles. The first kappa shape index (κ1) is 10.6. The molecule has 1 heterocycles. The molecule has 1 fully saturated rings. The molecule has 2 aromatic rings. The Kier molecular flexibility index (Phi) is 2.71. The van der Waals surface area contributed by atoms with E-state index in [9.17, 15) is 4.79 Å². The second-order valence-corrected chi connectivity index (χ2v) is 4.98. The van der Waals surface area contributed by atoms with Gasteiger partial charge in [-0.25, -0.2) is 0 Å². The second-order valence-electron chi connectivity index (χ2n) is 4.98. The molecule has 0 unspecified atom stereocenters. The second kappa shape index (κ2) is 4.36. The summed E-state index contributed by atoms with van der Waals surface area (Å²) in [5.41, 5.74) is 2.47. The van der Waals surface area contributed by atoms with Crippen molar-refractivity contribution in [2.75, 3.05) is 0 Å². The Hall–Kier alpha value is -1.57. The highest BCUT2D eigenvalue weighted by atomic mass is 16.1. The normalized spacial score (nSPS) is 17.4. The number of rotatable bonds is 1. The summed E-state index contributed by atoms with van der Waals surface area (Å²) in [7, 11) is 0. The van der Waals surface area contributed by atoms with E-state index in [0.29, 0.717) is 5.92 Å². The monoisotopic (exact) mass is 227 g/mol. The molecule has 0 bridgehead atoms. The van der Waals surface area contributed by atoms with Gasteiger partial charge in [0, 0.05) is 23.2 Å². The smallest absolute Gasteiger partial charge is 0.189 e. The van der Waals surface area contributed by atoms with E-state index in [1.165, 1.54) is 37.7 Å². The molecule has 0 radical (unpaired) electrons. The van der Waals surface area contributed by atoms with Crippen LogP contribution >= 0.6 is 0 Å². The molecule has 2 nitrogen and oxygen atoms in total. The van der Waals surface area contributed by atoms with Crippen LogP contribution in [0.1, 0.15) is 43.6 Å². The molecule has 1 saturated carbocycles. The molecule has 0 amide bonds. The van der Waals surface area contributed by atoms with Gasteiger partial charge in [0.1, 0.15) is 0 Å². The van der Waals surface area contributed by atoms with Gasteiger partial charge in [-0.2, -0.15) is 0 Å². The third-order valence-corrected chi connectivity index (χ3v) is 3.86. The maximum absolute atomic E-state index is 11.6. The first-order valence-electron chi connectivity index (χ1n) is 6.46. The molecule has 2 heteroatoms. The van der Waals surface area contributed by atoms with Gasteiger partial charge < -0.3 is 4.98 Å². The Morgan fingerprint density at radius 3 is 2.71 bits per heavy atom. The van der Waals surface area contributed by atoms with E-state index in [4.69, 9.17) is 0 Å². The summed E-state index contributed by atoms with van der Waals surface area (Å²) in [5, 5.41) is 0.798. The lowest BCUT2D eigenvalue weighted by Crippen LogP contribution is -2.06. The van der Waals surface area contributed by atoms with Gasteiger partial charge in [-0.1, -0.05) is 25.3 Å². The average Bonchev–Trinajstić information content (AvgIpc) is 2.40.